The smallest absolute Gasteiger partial charge is 0.186 e. The summed E-state index contributed by atoms with van der Waals surface area (Å²) in [5.41, 5.74) is 12.8. The Hall–Kier alpha value is -6.60. The zero-order chi connectivity index (χ0) is 62.1. The molecule has 0 amide bonds. The van der Waals surface area contributed by atoms with Crippen LogP contribution in [0.15, 0.2) is 167 Å². The topological polar surface area (TPSA) is 105 Å². The second-order valence-corrected chi connectivity index (χ2v) is 29.2. The summed E-state index contributed by atoms with van der Waals surface area (Å²) in [6.45, 7) is 31.7. The first-order chi connectivity index (χ1) is 41.6. The maximum Gasteiger partial charge on any atom is 0.186 e. The average Bonchev–Trinajstić information content (AvgIpc) is 1.22. The molecule has 0 saturated carbocycles. The van der Waals surface area contributed by atoms with Gasteiger partial charge in [0.05, 0.1) is 69.3 Å². The van der Waals surface area contributed by atoms with Crippen LogP contribution in [0.25, 0.3) is 54.7 Å². The van der Waals surface area contributed by atoms with Gasteiger partial charge in [-0.1, -0.05) is 164 Å². The van der Waals surface area contributed by atoms with Gasteiger partial charge in [0.15, 0.2) is 10.9 Å². The van der Waals surface area contributed by atoms with Crippen LogP contribution in [-0.2, 0) is 6.42 Å². The molecular formula is C76H84N4O3S4. The van der Waals surface area contributed by atoms with Gasteiger partial charge in [0, 0.05) is 36.8 Å². The third kappa shape index (κ3) is 16.8. The fourth-order valence-corrected chi connectivity index (χ4v) is 15.8. The SMILES string of the molecule is C=c1cc(C)c2c(c1C)Sc1ccccc1N=2.C=c1ccc2c(c1)Sc1cc(C)ccc1N=2.Cc1c2nc3ccccc3sc-2c(CC[C@](C)(O)CCC[C@H](C)CCC[C@H](C)CCCC(C)C)c(=O)c1C.Cc1ccc2nc3ccc(=O)cc-3sc2c1. The number of aliphatic hydroxyl groups is 1. The van der Waals surface area contributed by atoms with E-state index in [1.165, 1.54) is 80.4 Å². The number of hydrogen-bond acceptors (Lipinski definition) is 11. The molecule has 0 bridgehead atoms. The summed E-state index contributed by atoms with van der Waals surface area (Å²) in [4.78, 5) is 50.3. The first-order valence-corrected chi connectivity index (χ1v) is 34.1. The van der Waals surface area contributed by atoms with Crippen molar-refractivity contribution in [2.75, 3.05) is 0 Å². The van der Waals surface area contributed by atoms with E-state index < -0.39 is 5.60 Å². The number of aryl methyl sites for hydroxylation is 3. The van der Waals surface area contributed by atoms with E-state index in [2.05, 4.69) is 145 Å². The van der Waals surface area contributed by atoms with Gasteiger partial charge in [0.2, 0.25) is 0 Å². The van der Waals surface area contributed by atoms with Crippen LogP contribution >= 0.6 is 46.2 Å². The standard InChI is InChI=1S/C34H51NO2S.C15H13NS.C14H11NS.C13H9NOS/c1-23(2)13-10-14-24(3)15-11-16-25(4)17-12-21-34(7,37)22-20-28-32(36)27(6)26(5)31-33(28)38-30-19-9-8-18-29(30)35-31;1-9-8-10(2)14-15(11(9)3)17-13-7-5-4-6-12(13)16-14;1-9-3-5-11-13(7-9)16-14-8-10(2)4-6-12(14)15-11;1-8-2-4-10-12(6-8)16-13-7-9(15)3-5-11(13)14-10/h8-9,18-19,23-25,37H,10-17,20-22H2,1-7H3;4-8H,1H2,2-3H3;3-8H,1H2,2H3;2-7H,1H3/t24-,25-,34-;;;/m1.../s1. The van der Waals surface area contributed by atoms with Crippen LogP contribution in [0.3, 0.4) is 0 Å². The van der Waals surface area contributed by atoms with Gasteiger partial charge in [-0.2, -0.15) is 0 Å². The minimum Gasteiger partial charge on any atom is -0.390 e. The van der Waals surface area contributed by atoms with Crippen molar-refractivity contribution in [1.82, 2.24) is 9.97 Å². The molecule has 2 aliphatic carbocycles. The zero-order valence-corrected chi connectivity index (χ0v) is 56.0. The van der Waals surface area contributed by atoms with Gasteiger partial charge >= 0.3 is 0 Å². The highest BCUT2D eigenvalue weighted by Gasteiger charge is 2.26. The summed E-state index contributed by atoms with van der Waals surface area (Å²) in [6.07, 6.45) is 12.2. The van der Waals surface area contributed by atoms with Crippen LogP contribution < -0.4 is 32.0 Å². The van der Waals surface area contributed by atoms with Crippen LogP contribution in [0.2, 0.25) is 0 Å². The minimum atomic E-state index is -0.767. The van der Waals surface area contributed by atoms with Gasteiger partial charge in [0.25, 0.3) is 0 Å². The molecule has 12 rings (SSSR count). The Morgan fingerprint density at radius 3 is 2.02 bits per heavy atom. The Balaban J connectivity index is 0.000000152. The molecule has 4 aliphatic heterocycles. The van der Waals surface area contributed by atoms with Crippen LogP contribution in [0, 0.1) is 59.3 Å². The van der Waals surface area contributed by atoms with Gasteiger partial charge in [-0.15, -0.1) is 22.7 Å². The molecule has 6 aromatic carbocycles. The van der Waals surface area contributed by atoms with Gasteiger partial charge < -0.3 is 5.11 Å². The quantitative estimate of drug-likeness (QED) is 0.102. The van der Waals surface area contributed by atoms with E-state index in [0.717, 1.165) is 122 Å². The van der Waals surface area contributed by atoms with E-state index in [1.54, 1.807) is 64.4 Å². The second kappa shape index (κ2) is 29.1. The number of rotatable bonds is 15. The number of para-hydroxylation sites is 2. The van der Waals surface area contributed by atoms with Crippen molar-refractivity contribution in [3.8, 4) is 21.1 Å². The highest BCUT2D eigenvalue weighted by Crippen LogP contribution is 2.40. The first kappa shape index (κ1) is 64.9. The van der Waals surface area contributed by atoms with Crippen LogP contribution in [0.4, 0.5) is 11.4 Å². The van der Waals surface area contributed by atoms with Crippen LogP contribution in [-0.4, -0.2) is 20.7 Å². The van der Waals surface area contributed by atoms with Gasteiger partial charge in [0.1, 0.15) is 0 Å². The molecule has 450 valence electrons. The Kier molecular flexibility index (Phi) is 21.7. The molecule has 4 heterocycles. The molecular weight excluding hydrogens is 1150 g/mol. The lowest BCUT2D eigenvalue weighted by Gasteiger charge is -2.25. The van der Waals surface area contributed by atoms with Crippen LogP contribution in [0.5, 0.6) is 0 Å². The summed E-state index contributed by atoms with van der Waals surface area (Å²) in [5, 5.41) is 15.5. The Morgan fingerprint density at radius 1 is 0.575 bits per heavy atom. The van der Waals surface area contributed by atoms with E-state index in [1.807, 2.05) is 63.2 Å². The first-order valence-electron chi connectivity index (χ1n) is 30.9. The molecule has 1 N–H and O–H groups in total. The average molecular weight is 1230 g/mol. The van der Waals surface area contributed by atoms with Gasteiger partial charge in [-0.3, -0.25) is 9.59 Å². The lowest BCUT2D eigenvalue weighted by atomic mass is 9.87. The van der Waals surface area contributed by atoms with E-state index in [0.29, 0.717) is 18.8 Å². The largest absolute Gasteiger partial charge is 0.390 e. The molecule has 0 radical (unpaired) electrons. The summed E-state index contributed by atoms with van der Waals surface area (Å²) in [5.74, 6) is 2.36. The summed E-state index contributed by atoms with van der Waals surface area (Å²) in [7, 11) is 0. The lowest BCUT2D eigenvalue weighted by Crippen LogP contribution is -2.27. The lowest BCUT2D eigenvalue weighted by molar-refractivity contribution is 0.0386. The molecule has 0 fully saturated rings. The molecule has 0 spiro atoms. The highest BCUT2D eigenvalue weighted by molar-refractivity contribution is 7.99. The zero-order valence-electron chi connectivity index (χ0n) is 52.7. The molecule has 6 aromatic rings. The van der Waals surface area contributed by atoms with Gasteiger partial charge in [-0.25, -0.2) is 20.0 Å². The molecule has 11 heteroatoms. The molecule has 87 heavy (non-hydrogen) atoms. The van der Waals surface area contributed by atoms with Gasteiger partial charge in [-0.05, 0) is 197 Å². The number of fused-ring (bicyclic) bond motifs is 8. The van der Waals surface area contributed by atoms with Crippen molar-refractivity contribution in [2.24, 2.45) is 27.7 Å². The predicted molar refractivity (Wildman–Crippen MR) is 373 cm³/mol. The van der Waals surface area contributed by atoms with Crippen molar-refractivity contribution >= 4 is 91.2 Å². The Bertz CT molecular complexity index is 4400. The highest BCUT2D eigenvalue weighted by atomic mass is 32.2. The van der Waals surface area contributed by atoms with Crippen molar-refractivity contribution in [3.63, 3.8) is 0 Å². The minimum absolute atomic E-state index is 0.0394. The monoisotopic (exact) mass is 1230 g/mol. The molecule has 6 aliphatic rings. The third-order valence-corrected chi connectivity index (χ3v) is 21.4. The molecule has 0 aromatic heterocycles. The fourth-order valence-electron chi connectivity index (χ4n) is 11.2. The number of hydrogen-bond donors (Lipinski definition) is 1. The summed E-state index contributed by atoms with van der Waals surface area (Å²) in [6, 6.07) is 42.2. The van der Waals surface area contributed by atoms with Crippen LogP contribution in [0.1, 0.15) is 138 Å². The maximum absolute atomic E-state index is 13.3. The predicted octanol–water partition coefficient (Wildman–Crippen LogP) is 18.5. The van der Waals surface area contributed by atoms with E-state index >= 15 is 0 Å². The van der Waals surface area contributed by atoms with Crippen molar-refractivity contribution in [2.45, 2.75) is 172 Å². The summed E-state index contributed by atoms with van der Waals surface area (Å²) < 4.78 is 2.22. The number of benzene rings is 8. The van der Waals surface area contributed by atoms with Crippen molar-refractivity contribution in [1.29, 1.82) is 0 Å². The Labute approximate surface area is 531 Å². The number of aromatic nitrogens is 2. The third-order valence-electron chi connectivity index (χ3n) is 16.7. The van der Waals surface area contributed by atoms with E-state index in [4.69, 9.17) is 9.98 Å². The molecule has 0 saturated heterocycles. The fraction of sp³-hybridized carbons (Fsp3) is 0.342. The molecule has 0 unspecified atom stereocenters. The second-order valence-electron chi connectivity index (χ2n) is 24.9. The number of nitrogens with zero attached hydrogens (tertiary/aromatic N) is 4. The van der Waals surface area contributed by atoms with Crippen molar-refractivity contribution < 1.29 is 5.11 Å². The van der Waals surface area contributed by atoms with E-state index in [-0.39, 0.29) is 10.9 Å². The molecule has 3 atom stereocenters. The van der Waals surface area contributed by atoms with E-state index in [9.17, 15) is 14.7 Å². The normalized spacial score (nSPS) is 13.5. The van der Waals surface area contributed by atoms with Crippen molar-refractivity contribution in [3.05, 3.63) is 208 Å². The molecule has 7 nitrogen and oxygen atoms in total. The Morgan fingerprint density at radius 2 is 1.25 bits per heavy atom. The maximum atomic E-state index is 13.3. The summed E-state index contributed by atoms with van der Waals surface area (Å²) >= 11 is 6.86.